The molecule has 0 saturated heterocycles. The molecule has 4 nitrogen and oxygen atoms in total. The number of benzene rings is 1. The van der Waals surface area contributed by atoms with Crippen molar-refractivity contribution in [1.29, 1.82) is 0 Å². The first-order valence-corrected chi connectivity index (χ1v) is 7.95. The first-order chi connectivity index (χ1) is 8.90. The minimum Gasteiger partial charge on any atom is -0.276 e. The van der Waals surface area contributed by atoms with E-state index in [9.17, 15) is 8.42 Å². The van der Waals surface area contributed by atoms with Crippen LogP contribution in [0.3, 0.4) is 0 Å². The van der Waals surface area contributed by atoms with Crippen molar-refractivity contribution in [2.75, 3.05) is 4.72 Å². The van der Waals surface area contributed by atoms with Gasteiger partial charge in [-0.05, 0) is 52.7 Å². The van der Waals surface area contributed by atoms with Crippen LogP contribution in [0.1, 0.15) is 5.56 Å². The zero-order chi connectivity index (χ0) is 14.0. The molecule has 0 atom stereocenters. The predicted octanol–water partition coefficient (Wildman–Crippen LogP) is 3.61. The van der Waals surface area contributed by atoms with Crippen molar-refractivity contribution in [3.63, 3.8) is 0 Å². The fraction of sp³-hybridized carbons (Fsp3) is 0.0833. The highest BCUT2D eigenvalue weighted by Crippen LogP contribution is 2.27. The Bertz CT molecular complexity index is 719. The van der Waals surface area contributed by atoms with Crippen LogP contribution >= 0.6 is 27.5 Å². The molecule has 100 valence electrons. The van der Waals surface area contributed by atoms with E-state index in [1.807, 2.05) is 6.92 Å². The molecule has 19 heavy (non-hydrogen) atoms. The zero-order valence-corrected chi connectivity index (χ0v) is 13.1. The summed E-state index contributed by atoms with van der Waals surface area (Å²) in [5.74, 6) is 0. The number of anilines is 1. The fourth-order valence-corrected chi connectivity index (χ4v) is 3.97. The molecular weight excluding hydrogens is 352 g/mol. The molecule has 0 aliphatic rings. The average Bonchev–Trinajstić information content (AvgIpc) is 2.31. The molecule has 0 aliphatic heterocycles. The average molecular weight is 362 g/mol. The highest BCUT2D eigenvalue weighted by molar-refractivity contribution is 9.10. The van der Waals surface area contributed by atoms with Crippen molar-refractivity contribution in [3.8, 4) is 0 Å². The van der Waals surface area contributed by atoms with Crippen molar-refractivity contribution in [2.45, 2.75) is 11.8 Å². The molecule has 2 aromatic rings. The Morgan fingerprint density at radius 2 is 2.05 bits per heavy atom. The maximum absolute atomic E-state index is 12.3. The molecule has 0 spiro atoms. The number of nitrogens with one attached hydrogen (secondary N) is 1. The van der Waals surface area contributed by atoms with Crippen LogP contribution in [0.4, 0.5) is 5.69 Å². The third-order valence-corrected chi connectivity index (χ3v) is 5.02. The predicted molar refractivity (Wildman–Crippen MR) is 78.9 cm³/mol. The molecular formula is C12H10BrClN2O2S. The number of hydrogen-bond acceptors (Lipinski definition) is 3. The van der Waals surface area contributed by atoms with E-state index in [0.717, 1.165) is 5.56 Å². The highest BCUT2D eigenvalue weighted by Gasteiger charge is 2.18. The second kappa shape index (κ2) is 5.48. The second-order valence-corrected chi connectivity index (χ2v) is 6.74. The lowest BCUT2D eigenvalue weighted by molar-refractivity contribution is 0.600. The number of pyridine rings is 1. The minimum atomic E-state index is -3.70. The van der Waals surface area contributed by atoms with Gasteiger partial charge in [-0.15, -0.1) is 0 Å². The Balaban J connectivity index is 2.41. The van der Waals surface area contributed by atoms with Gasteiger partial charge in [-0.3, -0.25) is 4.72 Å². The van der Waals surface area contributed by atoms with E-state index in [0.29, 0.717) is 4.47 Å². The number of hydrogen-bond donors (Lipinski definition) is 1. The summed E-state index contributed by atoms with van der Waals surface area (Å²) in [6.07, 6.45) is 1.49. The third kappa shape index (κ3) is 3.26. The number of sulfonamides is 1. The van der Waals surface area contributed by atoms with Crippen LogP contribution in [0.2, 0.25) is 5.15 Å². The van der Waals surface area contributed by atoms with Crippen molar-refractivity contribution in [3.05, 3.63) is 51.7 Å². The van der Waals surface area contributed by atoms with Crippen LogP contribution in [-0.4, -0.2) is 13.4 Å². The molecule has 0 unspecified atom stereocenters. The Morgan fingerprint density at radius 1 is 1.32 bits per heavy atom. The molecule has 7 heteroatoms. The number of nitrogens with zero attached hydrogens (tertiary/aromatic N) is 1. The molecule has 0 fully saturated rings. The van der Waals surface area contributed by atoms with Crippen molar-refractivity contribution < 1.29 is 8.42 Å². The van der Waals surface area contributed by atoms with Crippen molar-refractivity contribution in [2.24, 2.45) is 0 Å². The quantitative estimate of drug-likeness (QED) is 0.850. The van der Waals surface area contributed by atoms with Gasteiger partial charge in [-0.1, -0.05) is 17.7 Å². The van der Waals surface area contributed by atoms with Gasteiger partial charge < -0.3 is 0 Å². The van der Waals surface area contributed by atoms with Gasteiger partial charge in [-0.2, -0.15) is 0 Å². The normalized spacial score (nSPS) is 11.3. The molecule has 1 aromatic heterocycles. The zero-order valence-electron chi connectivity index (χ0n) is 9.89. The molecule has 0 amide bonds. The van der Waals surface area contributed by atoms with Gasteiger partial charge in [0.1, 0.15) is 4.90 Å². The molecule has 1 aromatic carbocycles. The number of aromatic nitrogens is 1. The maximum atomic E-state index is 12.3. The molecule has 1 N–H and O–H groups in total. The molecule has 0 aliphatic carbocycles. The topological polar surface area (TPSA) is 59.1 Å². The van der Waals surface area contributed by atoms with E-state index < -0.39 is 10.0 Å². The second-order valence-electron chi connectivity index (χ2n) is 3.88. The van der Waals surface area contributed by atoms with Gasteiger partial charge in [0.05, 0.1) is 5.69 Å². The van der Waals surface area contributed by atoms with Gasteiger partial charge in [0.25, 0.3) is 10.0 Å². The Hall–Kier alpha value is -1.11. The Morgan fingerprint density at radius 3 is 2.68 bits per heavy atom. The van der Waals surface area contributed by atoms with Gasteiger partial charge in [0, 0.05) is 10.7 Å². The molecule has 0 saturated carbocycles. The van der Waals surface area contributed by atoms with E-state index in [4.69, 9.17) is 11.6 Å². The molecule has 2 rings (SSSR count). The molecule has 0 radical (unpaired) electrons. The summed E-state index contributed by atoms with van der Waals surface area (Å²) in [7, 11) is -3.70. The van der Waals surface area contributed by atoms with Crippen LogP contribution in [-0.2, 0) is 10.0 Å². The van der Waals surface area contributed by atoms with E-state index in [2.05, 4.69) is 25.6 Å². The lowest BCUT2D eigenvalue weighted by Crippen LogP contribution is -2.14. The lowest BCUT2D eigenvalue weighted by Gasteiger charge is -2.10. The van der Waals surface area contributed by atoms with Crippen LogP contribution in [0.5, 0.6) is 0 Å². The summed E-state index contributed by atoms with van der Waals surface area (Å²) >= 11 is 9.08. The van der Waals surface area contributed by atoms with Crippen LogP contribution in [0.15, 0.2) is 45.9 Å². The highest BCUT2D eigenvalue weighted by atomic mass is 79.9. The summed E-state index contributed by atoms with van der Waals surface area (Å²) in [4.78, 5) is 3.97. The van der Waals surface area contributed by atoms with Gasteiger partial charge >= 0.3 is 0 Å². The number of aryl methyl sites for hydroxylation is 1. The van der Waals surface area contributed by atoms with E-state index >= 15 is 0 Å². The Kier molecular flexibility index (Phi) is 4.13. The van der Waals surface area contributed by atoms with E-state index in [-0.39, 0.29) is 15.7 Å². The molecule has 1 heterocycles. The van der Waals surface area contributed by atoms with Crippen molar-refractivity contribution >= 4 is 43.2 Å². The maximum Gasteiger partial charge on any atom is 0.263 e. The third-order valence-electron chi connectivity index (χ3n) is 2.38. The smallest absolute Gasteiger partial charge is 0.263 e. The summed E-state index contributed by atoms with van der Waals surface area (Å²) in [6, 6.07) is 8.15. The molecule has 0 bridgehead atoms. The number of halogens is 2. The fourth-order valence-electron chi connectivity index (χ4n) is 1.49. The summed E-state index contributed by atoms with van der Waals surface area (Å²) in [5, 5.41) is 0.106. The van der Waals surface area contributed by atoms with Gasteiger partial charge in [-0.25, -0.2) is 13.4 Å². The minimum absolute atomic E-state index is 0.106. The summed E-state index contributed by atoms with van der Waals surface area (Å²) < 4.78 is 27.4. The summed E-state index contributed by atoms with van der Waals surface area (Å²) in [5.41, 5.74) is 1.21. The standard InChI is InChI=1S/C12H10BrClN2O2S/c1-8-4-5-11(9(13)7-8)19(17,18)16-10-3-2-6-15-12(10)14/h2-7,16H,1H3. The number of rotatable bonds is 3. The van der Waals surface area contributed by atoms with Gasteiger partial charge in [0.15, 0.2) is 5.15 Å². The first kappa shape index (κ1) is 14.3. The van der Waals surface area contributed by atoms with Crippen LogP contribution < -0.4 is 4.72 Å². The first-order valence-electron chi connectivity index (χ1n) is 5.29. The van der Waals surface area contributed by atoms with Crippen LogP contribution in [0.25, 0.3) is 0 Å². The van der Waals surface area contributed by atoms with Crippen molar-refractivity contribution in [1.82, 2.24) is 4.98 Å². The summed E-state index contributed by atoms with van der Waals surface area (Å²) in [6.45, 7) is 1.88. The van der Waals surface area contributed by atoms with E-state index in [1.54, 1.807) is 24.3 Å². The lowest BCUT2D eigenvalue weighted by atomic mass is 10.2. The van der Waals surface area contributed by atoms with Crippen LogP contribution in [0, 0.1) is 6.92 Å². The van der Waals surface area contributed by atoms with E-state index in [1.165, 1.54) is 12.3 Å². The largest absolute Gasteiger partial charge is 0.276 e. The monoisotopic (exact) mass is 360 g/mol. The Labute approximate surface area is 125 Å². The van der Waals surface area contributed by atoms with Gasteiger partial charge in [0.2, 0.25) is 0 Å². The SMILES string of the molecule is Cc1ccc(S(=O)(=O)Nc2cccnc2Cl)c(Br)c1.